The molecule has 1 unspecified atom stereocenters. The molecule has 4 nitrogen and oxygen atoms in total. The number of amides is 1. The van der Waals surface area contributed by atoms with Crippen LogP contribution in [0.4, 0.5) is 5.69 Å². The van der Waals surface area contributed by atoms with E-state index in [-0.39, 0.29) is 6.04 Å². The molecule has 0 saturated heterocycles. The van der Waals surface area contributed by atoms with Crippen molar-refractivity contribution in [2.45, 2.75) is 13.0 Å². The lowest BCUT2D eigenvalue weighted by molar-refractivity contribution is 0.100. The lowest BCUT2D eigenvalue weighted by Crippen LogP contribution is -2.12. The van der Waals surface area contributed by atoms with E-state index in [2.05, 4.69) is 11.4 Å². The number of nitrogens with one attached hydrogen (secondary N) is 1. The molecule has 5 heteroatoms. The second-order valence-electron chi connectivity index (χ2n) is 4.66. The fraction of sp³-hybridized carbons (Fsp3) is 0.125. The Hall–Kier alpha value is -2.51. The molecule has 0 saturated carbocycles. The summed E-state index contributed by atoms with van der Waals surface area (Å²) in [5.41, 5.74) is 7.83. The molecule has 0 heterocycles. The molecule has 0 aliphatic heterocycles. The highest BCUT2D eigenvalue weighted by Crippen LogP contribution is 2.27. The van der Waals surface area contributed by atoms with Gasteiger partial charge < -0.3 is 11.1 Å². The van der Waals surface area contributed by atoms with Crippen LogP contribution >= 0.6 is 11.6 Å². The van der Waals surface area contributed by atoms with E-state index < -0.39 is 5.91 Å². The number of halogens is 1. The van der Waals surface area contributed by atoms with Crippen LogP contribution in [-0.4, -0.2) is 5.91 Å². The number of benzene rings is 2. The maximum atomic E-state index is 11.2. The van der Waals surface area contributed by atoms with E-state index in [4.69, 9.17) is 22.6 Å². The molecular formula is C16H14ClN3O. The molecule has 2 rings (SSSR count). The van der Waals surface area contributed by atoms with Crippen LogP contribution in [0.15, 0.2) is 42.5 Å². The Morgan fingerprint density at radius 2 is 2.10 bits per heavy atom. The van der Waals surface area contributed by atoms with Crippen LogP contribution in [0, 0.1) is 11.3 Å². The van der Waals surface area contributed by atoms with Gasteiger partial charge in [-0.05, 0) is 42.8 Å². The molecule has 1 amide bonds. The first-order valence-corrected chi connectivity index (χ1v) is 6.75. The number of carbonyl (C=O) groups excluding carboxylic acids is 1. The fourth-order valence-electron chi connectivity index (χ4n) is 1.98. The van der Waals surface area contributed by atoms with Gasteiger partial charge in [0.05, 0.1) is 22.3 Å². The summed E-state index contributed by atoms with van der Waals surface area (Å²) in [5, 5.41) is 12.7. The number of carbonyl (C=O) groups is 1. The predicted octanol–water partition coefficient (Wildman–Crippen LogP) is 3.48. The van der Waals surface area contributed by atoms with Crippen molar-refractivity contribution < 1.29 is 4.79 Å². The van der Waals surface area contributed by atoms with E-state index in [1.807, 2.05) is 25.1 Å². The number of nitriles is 1. The zero-order valence-electron chi connectivity index (χ0n) is 11.4. The Morgan fingerprint density at radius 1 is 1.33 bits per heavy atom. The molecule has 0 spiro atoms. The van der Waals surface area contributed by atoms with E-state index in [1.165, 1.54) is 0 Å². The standard InChI is InChI=1S/C16H14ClN3O/c1-10(12-4-2-3-11(7-12)9-18)20-15-8-13(16(19)21)5-6-14(15)17/h2-8,10,20H,1H3,(H2,19,21). The molecule has 0 aliphatic carbocycles. The van der Waals surface area contributed by atoms with Crippen LogP contribution in [0.5, 0.6) is 0 Å². The Labute approximate surface area is 128 Å². The van der Waals surface area contributed by atoms with Gasteiger partial charge >= 0.3 is 0 Å². The van der Waals surface area contributed by atoms with E-state index in [9.17, 15) is 4.79 Å². The monoisotopic (exact) mass is 299 g/mol. The van der Waals surface area contributed by atoms with Crippen molar-refractivity contribution in [1.29, 1.82) is 5.26 Å². The predicted molar refractivity (Wildman–Crippen MR) is 83.2 cm³/mol. The third kappa shape index (κ3) is 3.53. The lowest BCUT2D eigenvalue weighted by atomic mass is 10.0. The molecule has 2 aromatic carbocycles. The minimum Gasteiger partial charge on any atom is -0.377 e. The number of primary amides is 1. The molecule has 106 valence electrons. The van der Waals surface area contributed by atoms with Gasteiger partial charge in [0.2, 0.25) is 5.91 Å². The highest BCUT2D eigenvalue weighted by atomic mass is 35.5. The number of rotatable bonds is 4. The number of anilines is 1. The van der Waals surface area contributed by atoms with E-state index in [0.717, 1.165) is 5.56 Å². The summed E-state index contributed by atoms with van der Waals surface area (Å²) in [6.07, 6.45) is 0. The van der Waals surface area contributed by atoms with Gasteiger partial charge in [0.1, 0.15) is 0 Å². The summed E-state index contributed by atoms with van der Waals surface area (Å²) in [4.78, 5) is 11.2. The minimum atomic E-state index is -0.506. The molecule has 21 heavy (non-hydrogen) atoms. The van der Waals surface area contributed by atoms with Gasteiger partial charge in [-0.15, -0.1) is 0 Å². The van der Waals surface area contributed by atoms with Crippen LogP contribution in [0.3, 0.4) is 0 Å². The van der Waals surface area contributed by atoms with Crippen molar-refractivity contribution in [3.8, 4) is 6.07 Å². The van der Waals surface area contributed by atoms with Crippen LogP contribution in [0.1, 0.15) is 34.5 Å². The van der Waals surface area contributed by atoms with Crippen LogP contribution < -0.4 is 11.1 Å². The van der Waals surface area contributed by atoms with Crippen molar-refractivity contribution in [1.82, 2.24) is 0 Å². The maximum absolute atomic E-state index is 11.2. The highest BCUT2D eigenvalue weighted by molar-refractivity contribution is 6.33. The van der Waals surface area contributed by atoms with E-state index >= 15 is 0 Å². The Kier molecular flexibility index (Phi) is 4.46. The van der Waals surface area contributed by atoms with Crippen LogP contribution in [-0.2, 0) is 0 Å². The molecule has 0 aliphatic rings. The largest absolute Gasteiger partial charge is 0.377 e. The summed E-state index contributed by atoms with van der Waals surface area (Å²) < 4.78 is 0. The number of nitrogens with two attached hydrogens (primary N) is 1. The van der Waals surface area contributed by atoms with E-state index in [0.29, 0.717) is 21.8 Å². The Balaban J connectivity index is 2.26. The second-order valence-corrected chi connectivity index (χ2v) is 5.07. The zero-order chi connectivity index (χ0) is 15.4. The van der Waals surface area contributed by atoms with Crippen molar-refractivity contribution in [3.63, 3.8) is 0 Å². The highest BCUT2D eigenvalue weighted by Gasteiger charge is 2.10. The van der Waals surface area contributed by atoms with Crippen molar-refractivity contribution >= 4 is 23.2 Å². The molecular weight excluding hydrogens is 286 g/mol. The normalized spacial score (nSPS) is 11.5. The van der Waals surface area contributed by atoms with Crippen LogP contribution in [0.2, 0.25) is 5.02 Å². The topological polar surface area (TPSA) is 78.9 Å². The molecule has 1 atom stereocenters. The third-order valence-corrected chi connectivity index (χ3v) is 3.47. The Bertz CT molecular complexity index is 722. The quantitative estimate of drug-likeness (QED) is 0.907. The molecule has 0 fully saturated rings. The smallest absolute Gasteiger partial charge is 0.248 e. The van der Waals surface area contributed by atoms with Crippen molar-refractivity contribution in [3.05, 3.63) is 64.2 Å². The van der Waals surface area contributed by atoms with Gasteiger partial charge in [0.15, 0.2) is 0 Å². The second kappa shape index (κ2) is 6.29. The van der Waals surface area contributed by atoms with Crippen molar-refractivity contribution in [2.75, 3.05) is 5.32 Å². The summed E-state index contributed by atoms with van der Waals surface area (Å²) in [7, 11) is 0. The van der Waals surface area contributed by atoms with Crippen molar-refractivity contribution in [2.24, 2.45) is 5.73 Å². The molecule has 2 aromatic rings. The molecule has 0 radical (unpaired) electrons. The summed E-state index contributed by atoms with van der Waals surface area (Å²) >= 11 is 6.12. The lowest BCUT2D eigenvalue weighted by Gasteiger charge is -2.17. The third-order valence-electron chi connectivity index (χ3n) is 3.14. The number of hydrogen-bond acceptors (Lipinski definition) is 3. The van der Waals surface area contributed by atoms with Gasteiger partial charge in [0, 0.05) is 11.6 Å². The minimum absolute atomic E-state index is 0.0704. The first-order chi connectivity index (χ1) is 10.0. The maximum Gasteiger partial charge on any atom is 0.248 e. The Morgan fingerprint density at radius 3 is 2.76 bits per heavy atom. The molecule has 0 aromatic heterocycles. The number of hydrogen-bond donors (Lipinski definition) is 2. The van der Waals surface area contributed by atoms with Gasteiger partial charge in [-0.2, -0.15) is 5.26 Å². The summed E-state index contributed by atoms with van der Waals surface area (Å²) in [5.74, 6) is -0.506. The van der Waals surface area contributed by atoms with Gasteiger partial charge in [0.25, 0.3) is 0 Å². The van der Waals surface area contributed by atoms with E-state index in [1.54, 1.807) is 24.3 Å². The zero-order valence-corrected chi connectivity index (χ0v) is 12.2. The van der Waals surface area contributed by atoms with Crippen LogP contribution in [0.25, 0.3) is 0 Å². The van der Waals surface area contributed by atoms with Gasteiger partial charge in [-0.3, -0.25) is 4.79 Å². The summed E-state index contributed by atoms with van der Waals surface area (Å²) in [6.45, 7) is 1.95. The average molecular weight is 300 g/mol. The average Bonchev–Trinajstić information content (AvgIpc) is 2.49. The first-order valence-electron chi connectivity index (χ1n) is 6.37. The molecule has 3 N–H and O–H groups in total. The van der Waals surface area contributed by atoms with Gasteiger partial charge in [-0.1, -0.05) is 23.7 Å². The SMILES string of the molecule is CC(Nc1cc(C(N)=O)ccc1Cl)c1cccc(C#N)c1. The molecule has 0 bridgehead atoms. The fourth-order valence-corrected chi connectivity index (χ4v) is 2.16. The number of nitrogens with zero attached hydrogens (tertiary/aromatic N) is 1. The summed E-state index contributed by atoms with van der Waals surface area (Å²) in [6, 6.07) is 14.2. The van der Waals surface area contributed by atoms with Gasteiger partial charge in [-0.25, -0.2) is 0 Å². The first kappa shape index (κ1) is 14.9.